The van der Waals surface area contributed by atoms with Crippen LogP contribution in [0.25, 0.3) is 10.8 Å². The van der Waals surface area contributed by atoms with Crippen molar-refractivity contribution >= 4 is 38.2 Å². The highest BCUT2D eigenvalue weighted by Gasteiger charge is 2.17. The lowest BCUT2D eigenvalue weighted by Gasteiger charge is -2.10. The van der Waals surface area contributed by atoms with Crippen molar-refractivity contribution in [3.63, 3.8) is 0 Å². The van der Waals surface area contributed by atoms with Crippen molar-refractivity contribution in [2.75, 3.05) is 11.1 Å². The number of benzene rings is 3. The first kappa shape index (κ1) is 17.7. The number of phenolic OH excluding ortho intramolecular Hbond substituents is 1. The molecule has 0 aliphatic carbocycles. The molecule has 3 aromatic carbocycles. The first-order valence-corrected chi connectivity index (χ1v) is 9.01. The van der Waals surface area contributed by atoms with E-state index in [0.29, 0.717) is 22.3 Å². The number of hydrogen-bond donors (Lipinski definition) is 4. The molecule has 0 saturated heterocycles. The van der Waals surface area contributed by atoms with E-state index in [2.05, 4.69) is 5.32 Å². The molecule has 134 valence electrons. The number of nitrogens with one attached hydrogen (secondary N) is 1. The first-order valence-electron chi connectivity index (χ1n) is 7.57. The molecule has 8 heteroatoms. The van der Waals surface area contributed by atoms with E-state index in [4.69, 9.17) is 10.3 Å². The summed E-state index contributed by atoms with van der Waals surface area (Å²) in [6, 6.07) is 12.1. The Balaban J connectivity index is 1.94. The Hall–Kier alpha value is -3.10. The largest absolute Gasteiger partial charge is 0.506 e. The van der Waals surface area contributed by atoms with Crippen molar-refractivity contribution in [1.29, 1.82) is 0 Å². The second kappa shape index (κ2) is 6.32. The number of aryl methyl sites for hydroxylation is 1. The fraction of sp³-hybridized carbons (Fsp3) is 0.0556. The number of rotatable bonds is 3. The highest BCUT2D eigenvalue weighted by molar-refractivity contribution is 7.86. The third kappa shape index (κ3) is 3.32. The lowest BCUT2D eigenvalue weighted by molar-refractivity contribution is 0.102. The molecular weight excluding hydrogens is 356 g/mol. The van der Waals surface area contributed by atoms with Gasteiger partial charge in [-0.15, -0.1) is 0 Å². The molecule has 5 N–H and O–H groups in total. The Bertz CT molecular complexity index is 1140. The van der Waals surface area contributed by atoms with Gasteiger partial charge in [-0.25, -0.2) is 0 Å². The zero-order chi connectivity index (χ0) is 19.1. The van der Waals surface area contributed by atoms with Crippen LogP contribution in [0.3, 0.4) is 0 Å². The number of carbonyl (C=O) groups excluding carboxylic acids is 1. The number of fused-ring (bicyclic) bond motifs is 1. The maximum absolute atomic E-state index is 12.3. The van der Waals surface area contributed by atoms with E-state index in [1.54, 1.807) is 24.3 Å². The van der Waals surface area contributed by atoms with E-state index < -0.39 is 20.8 Å². The van der Waals surface area contributed by atoms with Gasteiger partial charge in [-0.3, -0.25) is 9.35 Å². The zero-order valence-electron chi connectivity index (χ0n) is 13.7. The van der Waals surface area contributed by atoms with Crippen LogP contribution in [0.15, 0.2) is 53.4 Å². The molecule has 0 aliphatic heterocycles. The van der Waals surface area contributed by atoms with Crippen molar-refractivity contribution in [2.24, 2.45) is 0 Å². The minimum Gasteiger partial charge on any atom is -0.506 e. The lowest BCUT2D eigenvalue weighted by atomic mass is 10.1. The second-order valence-corrected chi connectivity index (χ2v) is 7.24. The minimum atomic E-state index is -4.53. The summed E-state index contributed by atoms with van der Waals surface area (Å²) >= 11 is 0. The third-order valence-electron chi connectivity index (χ3n) is 4.03. The van der Waals surface area contributed by atoms with Crippen LogP contribution in [-0.2, 0) is 10.1 Å². The monoisotopic (exact) mass is 372 g/mol. The van der Waals surface area contributed by atoms with Crippen molar-refractivity contribution < 1.29 is 22.9 Å². The van der Waals surface area contributed by atoms with Gasteiger partial charge in [0.25, 0.3) is 16.0 Å². The van der Waals surface area contributed by atoms with E-state index in [1.165, 1.54) is 18.2 Å². The number of anilines is 2. The molecule has 26 heavy (non-hydrogen) atoms. The van der Waals surface area contributed by atoms with E-state index in [-0.39, 0.29) is 11.3 Å². The molecule has 0 bridgehead atoms. The SMILES string of the molecule is Cc1ccc(C(=O)Nc2ccc3c(O)c(S(=O)(=O)O)ccc3c2)cc1N. The topological polar surface area (TPSA) is 130 Å². The van der Waals surface area contributed by atoms with Crippen molar-refractivity contribution in [3.05, 3.63) is 59.7 Å². The second-order valence-electron chi connectivity index (χ2n) is 5.85. The standard InChI is InChI=1S/C18H16N2O5S/c1-10-2-3-12(9-15(10)19)18(22)20-13-5-6-14-11(8-13)4-7-16(17(14)21)26(23,24)25/h2-9,21H,19H2,1H3,(H,20,22)(H,23,24,25). The highest BCUT2D eigenvalue weighted by atomic mass is 32.2. The molecule has 0 fully saturated rings. The molecule has 0 aromatic heterocycles. The molecule has 3 aromatic rings. The zero-order valence-corrected chi connectivity index (χ0v) is 14.5. The summed E-state index contributed by atoms with van der Waals surface area (Å²) in [6.45, 7) is 1.84. The molecule has 7 nitrogen and oxygen atoms in total. The molecular formula is C18H16N2O5S. The van der Waals surface area contributed by atoms with Gasteiger partial charge in [-0.05, 0) is 54.3 Å². The number of nitrogens with two attached hydrogens (primary N) is 1. The maximum atomic E-state index is 12.3. The Kier molecular flexibility index (Phi) is 4.31. The normalized spacial score (nSPS) is 11.5. The van der Waals surface area contributed by atoms with Crippen LogP contribution in [0, 0.1) is 6.92 Å². The Morgan fingerprint density at radius 3 is 2.46 bits per heavy atom. The van der Waals surface area contributed by atoms with Gasteiger partial charge in [-0.1, -0.05) is 12.1 Å². The van der Waals surface area contributed by atoms with Crippen LogP contribution < -0.4 is 11.1 Å². The van der Waals surface area contributed by atoms with Gasteiger partial charge in [0.2, 0.25) is 0 Å². The number of carbonyl (C=O) groups is 1. The van der Waals surface area contributed by atoms with E-state index >= 15 is 0 Å². The number of nitrogen functional groups attached to an aromatic ring is 1. The summed E-state index contributed by atoms with van der Waals surface area (Å²) in [4.78, 5) is 11.8. The summed E-state index contributed by atoms with van der Waals surface area (Å²) in [7, 11) is -4.53. The van der Waals surface area contributed by atoms with Crippen LogP contribution in [0.4, 0.5) is 11.4 Å². The smallest absolute Gasteiger partial charge is 0.298 e. The predicted octanol–water partition coefficient (Wildman–Crippen LogP) is 2.94. The van der Waals surface area contributed by atoms with Crippen LogP contribution >= 0.6 is 0 Å². The van der Waals surface area contributed by atoms with E-state index in [0.717, 1.165) is 11.6 Å². The summed E-state index contributed by atoms with van der Waals surface area (Å²) in [5.74, 6) is -0.899. The molecule has 3 rings (SSSR count). The lowest BCUT2D eigenvalue weighted by Crippen LogP contribution is -2.12. The molecule has 0 atom stereocenters. The average Bonchev–Trinajstić information content (AvgIpc) is 2.56. The minimum absolute atomic E-state index is 0.234. The summed E-state index contributed by atoms with van der Waals surface area (Å²) in [5.41, 5.74) is 8.06. The Labute approximate surface area is 149 Å². The Morgan fingerprint density at radius 2 is 1.81 bits per heavy atom. The predicted molar refractivity (Wildman–Crippen MR) is 99.0 cm³/mol. The highest BCUT2D eigenvalue weighted by Crippen LogP contribution is 2.33. The van der Waals surface area contributed by atoms with E-state index in [1.807, 2.05) is 6.92 Å². The molecule has 0 aliphatic rings. The molecule has 0 spiro atoms. The summed E-state index contributed by atoms with van der Waals surface area (Å²) in [6.07, 6.45) is 0. The van der Waals surface area contributed by atoms with Crippen molar-refractivity contribution in [2.45, 2.75) is 11.8 Å². The van der Waals surface area contributed by atoms with Crippen LogP contribution in [-0.4, -0.2) is 24.0 Å². The number of aromatic hydroxyl groups is 1. The van der Waals surface area contributed by atoms with Gasteiger partial charge in [0, 0.05) is 22.3 Å². The van der Waals surface area contributed by atoms with Crippen molar-refractivity contribution in [1.82, 2.24) is 0 Å². The molecule has 0 radical (unpaired) electrons. The van der Waals surface area contributed by atoms with Crippen LogP contribution in [0.5, 0.6) is 5.75 Å². The van der Waals surface area contributed by atoms with Crippen LogP contribution in [0.2, 0.25) is 0 Å². The summed E-state index contributed by atoms with van der Waals surface area (Å²) in [5, 5.41) is 13.5. The Morgan fingerprint density at radius 1 is 1.08 bits per heavy atom. The quantitative estimate of drug-likeness (QED) is 0.413. The van der Waals surface area contributed by atoms with Gasteiger partial charge in [0.05, 0.1) is 0 Å². The number of phenols is 1. The fourth-order valence-corrected chi connectivity index (χ4v) is 3.16. The van der Waals surface area contributed by atoms with Crippen molar-refractivity contribution in [3.8, 4) is 5.75 Å². The van der Waals surface area contributed by atoms with Gasteiger partial charge >= 0.3 is 0 Å². The maximum Gasteiger partial charge on any atom is 0.298 e. The number of hydrogen-bond acceptors (Lipinski definition) is 5. The molecule has 0 saturated carbocycles. The van der Waals surface area contributed by atoms with Gasteiger partial charge in [-0.2, -0.15) is 8.42 Å². The van der Waals surface area contributed by atoms with Gasteiger partial charge in [0.15, 0.2) is 0 Å². The van der Waals surface area contributed by atoms with Crippen LogP contribution in [0.1, 0.15) is 15.9 Å². The van der Waals surface area contributed by atoms with Gasteiger partial charge < -0.3 is 16.2 Å². The fourth-order valence-electron chi connectivity index (χ4n) is 2.56. The molecule has 0 heterocycles. The summed E-state index contributed by atoms with van der Waals surface area (Å²) < 4.78 is 31.6. The molecule has 1 amide bonds. The third-order valence-corrected chi connectivity index (χ3v) is 4.92. The molecule has 0 unspecified atom stereocenters. The van der Waals surface area contributed by atoms with Gasteiger partial charge in [0.1, 0.15) is 10.6 Å². The first-order chi connectivity index (χ1) is 12.2. The van der Waals surface area contributed by atoms with E-state index in [9.17, 15) is 18.3 Å². The number of amides is 1. The average molecular weight is 372 g/mol.